The topological polar surface area (TPSA) is 56.0 Å². The number of nitrogens with two attached hydrogens (primary N) is 1. The molecule has 0 bridgehead atoms. The summed E-state index contributed by atoms with van der Waals surface area (Å²) in [6.07, 6.45) is 0. The van der Waals surface area contributed by atoms with Crippen LogP contribution in [-0.2, 0) is 6.54 Å². The Hall–Kier alpha value is -2.73. The van der Waals surface area contributed by atoms with E-state index >= 15 is 0 Å². The van der Waals surface area contributed by atoms with Crippen molar-refractivity contribution in [3.63, 3.8) is 0 Å². The fraction of sp³-hybridized carbons (Fsp3) is 0.211. The molecule has 0 saturated heterocycles. The standard InChI is InChI=1S/C19H17F2NO3/c1-11(12-3-6-16(20)17(21)7-12)22-10-13-8-19(23)25-18-9-14(24-2)4-5-15(13)18/h3-9,11,22H,10H2,1-2H3/p+1/t11-/m0/s1. The molecule has 0 radical (unpaired) electrons. The van der Waals surface area contributed by atoms with E-state index in [1.165, 1.54) is 12.1 Å². The van der Waals surface area contributed by atoms with Gasteiger partial charge in [0.05, 0.1) is 7.11 Å². The Balaban J connectivity index is 1.85. The van der Waals surface area contributed by atoms with E-state index in [2.05, 4.69) is 0 Å². The molecular weight excluding hydrogens is 328 g/mol. The molecule has 0 amide bonds. The second-order valence-corrected chi connectivity index (χ2v) is 5.85. The summed E-state index contributed by atoms with van der Waals surface area (Å²) in [6.45, 7) is 2.39. The molecule has 1 aromatic heterocycles. The molecule has 25 heavy (non-hydrogen) atoms. The van der Waals surface area contributed by atoms with E-state index in [-0.39, 0.29) is 6.04 Å². The van der Waals surface area contributed by atoms with E-state index in [9.17, 15) is 13.6 Å². The average Bonchev–Trinajstić information content (AvgIpc) is 2.60. The van der Waals surface area contributed by atoms with Crippen molar-refractivity contribution in [3.05, 3.63) is 75.6 Å². The fourth-order valence-corrected chi connectivity index (χ4v) is 2.74. The van der Waals surface area contributed by atoms with Gasteiger partial charge < -0.3 is 14.5 Å². The summed E-state index contributed by atoms with van der Waals surface area (Å²) >= 11 is 0. The van der Waals surface area contributed by atoms with Gasteiger partial charge in [0.1, 0.15) is 23.9 Å². The van der Waals surface area contributed by atoms with Crippen molar-refractivity contribution in [2.24, 2.45) is 0 Å². The van der Waals surface area contributed by atoms with Crippen LogP contribution in [0.15, 0.2) is 51.7 Å². The molecule has 0 aliphatic rings. The number of halogens is 2. The number of benzene rings is 2. The first kappa shape index (κ1) is 17.1. The molecule has 0 aliphatic carbocycles. The lowest BCUT2D eigenvalue weighted by Gasteiger charge is -2.12. The number of quaternary nitrogens is 1. The molecule has 0 fully saturated rings. The van der Waals surface area contributed by atoms with Crippen LogP contribution < -0.4 is 15.7 Å². The molecule has 0 aliphatic heterocycles. The largest absolute Gasteiger partial charge is 0.497 e. The van der Waals surface area contributed by atoms with Gasteiger partial charge in [-0.3, -0.25) is 0 Å². The third-order valence-electron chi connectivity index (χ3n) is 4.20. The number of hydrogen-bond acceptors (Lipinski definition) is 3. The first-order valence-corrected chi connectivity index (χ1v) is 7.87. The Morgan fingerprint density at radius 1 is 1.12 bits per heavy atom. The first-order chi connectivity index (χ1) is 12.0. The van der Waals surface area contributed by atoms with Crippen molar-refractivity contribution in [3.8, 4) is 5.75 Å². The van der Waals surface area contributed by atoms with Crippen molar-refractivity contribution in [1.29, 1.82) is 0 Å². The summed E-state index contributed by atoms with van der Waals surface area (Å²) in [5, 5.41) is 2.76. The van der Waals surface area contributed by atoms with Crippen LogP contribution in [0.25, 0.3) is 11.0 Å². The minimum atomic E-state index is -0.865. The Kier molecular flexibility index (Phi) is 4.81. The molecule has 0 saturated carbocycles. The van der Waals surface area contributed by atoms with Crippen LogP contribution in [0.5, 0.6) is 5.75 Å². The van der Waals surface area contributed by atoms with Gasteiger partial charge in [-0.15, -0.1) is 0 Å². The van der Waals surface area contributed by atoms with Crippen LogP contribution in [0.1, 0.15) is 24.1 Å². The maximum Gasteiger partial charge on any atom is 0.336 e. The van der Waals surface area contributed by atoms with Gasteiger partial charge in [0.15, 0.2) is 11.6 Å². The number of methoxy groups -OCH3 is 1. The van der Waals surface area contributed by atoms with Crippen LogP contribution >= 0.6 is 0 Å². The van der Waals surface area contributed by atoms with E-state index in [1.54, 1.807) is 25.3 Å². The lowest BCUT2D eigenvalue weighted by molar-refractivity contribution is -0.707. The molecule has 2 N–H and O–H groups in total. The zero-order valence-electron chi connectivity index (χ0n) is 13.9. The maximum absolute atomic E-state index is 13.4. The van der Waals surface area contributed by atoms with Crippen molar-refractivity contribution >= 4 is 11.0 Å². The van der Waals surface area contributed by atoms with Gasteiger partial charge in [-0.05, 0) is 37.3 Å². The van der Waals surface area contributed by atoms with E-state index in [0.717, 1.165) is 17.0 Å². The van der Waals surface area contributed by atoms with Crippen LogP contribution in [0.4, 0.5) is 8.78 Å². The molecule has 0 spiro atoms. The molecule has 1 atom stereocenters. The third kappa shape index (κ3) is 3.69. The molecule has 4 nitrogen and oxygen atoms in total. The van der Waals surface area contributed by atoms with Gasteiger partial charge in [-0.1, -0.05) is 0 Å². The Bertz CT molecular complexity index is 969. The summed E-state index contributed by atoms with van der Waals surface area (Å²) in [5.74, 6) is -1.13. The Morgan fingerprint density at radius 3 is 2.64 bits per heavy atom. The quantitative estimate of drug-likeness (QED) is 0.723. The molecule has 6 heteroatoms. The average molecular weight is 346 g/mol. The predicted octanol–water partition coefficient (Wildman–Crippen LogP) is 2.90. The van der Waals surface area contributed by atoms with Gasteiger partial charge in [-0.25, -0.2) is 13.6 Å². The van der Waals surface area contributed by atoms with Crippen molar-refractivity contribution in [1.82, 2.24) is 0 Å². The van der Waals surface area contributed by atoms with E-state index in [1.807, 2.05) is 18.3 Å². The van der Waals surface area contributed by atoms with E-state index in [4.69, 9.17) is 9.15 Å². The SMILES string of the molecule is COc1ccc2c(C[NH2+][C@@H](C)c3ccc(F)c(F)c3)cc(=O)oc2c1. The summed E-state index contributed by atoms with van der Waals surface area (Å²) in [7, 11) is 1.54. The minimum Gasteiger partial charge on any atom is -0.497 e. The van der Waals surface area contributed by atoms with Gasteiger partial charge in [-0.2, -0.15) is 0 Å². The highest BCUT2D eigenvalue weighted by Crippen LogP contribution is 2.22. The van der Waals surface area contributed by atoms with Crippen molar-refractivity contribution < 1.29 is 23.3 Å². The number of rotatable bonds is 5. The Morgan fingerprint density at radius 2 is 1.92 bits per heavy atom. The minimum absolute atomic E-state index is 0.101. The molecule has 3 rings (SSSR count). The van der Waals surface area contributed by atoms with Crippen LogP contribution in [0.2, 0.25) is 0 Å². The predicted molar refractivity (Wildman–Crippen MR) is 89.4 cm³/mol. The van der Waals surface area contributed by atoms with Gasteiger partial charge >= 0.3 is 5.63 Å². The lowest BCUT2D eigenvalue weighted by Crippen LogP contribution is -2.83. The summed E-state index contributed by atoms with van der Waals surface area (Å²) in [5.41, 5.74) is 1.50. The van der Waals surface area contributed by atoms with E-state index < -0.39 is 17.3 Å². The van der Waals surface area contributed by atoms with Gasteiger partial charge in [0.2, 0.25) is 0 Å². The van der Waals surface area contributed by atoms with Gasteiger partial charge in [0, 0.05) is 28.6 Å². The molecule has 1 heterocycles. The molecule has 2 aromatic carbocycles. The summed E-state index contributed by atoms with van der Waals surface area (Å²) in [6, 6.07) is 10.5. The number of ether oxygens (including phenoxy) is 1. The first-order valence-electron chi connectivity index (χ1n) is 7.87. The molecule has 0 unspecified atom stereocenters. The summed E-state index contributed by atoms with van der Waals surface area (Å²) < 4.78 is 36.8. The fourth-order valence-electron chi connectivity index (χ4n) is 2.74. The molecular formula is C19H18F2NO3+. The zero-order chi connectivity index (χ0) is 18.0. The van der Waals surface area contributed by atoms with Crippen LogP contribution in [-0.4, -0.2) is 7.11 Å². The molecule has 130 valence electrons. The Labute approximate surface area is 143 Å². The number of hydrogen-bond donors (Lipinski definition) is 1. The second-order valence-electron chi connectivity index (χ2n) is 5.85. The van der Waals surface area contributed by atoms with Crippen LogP contribution in [0.3, 0.4) is 0 Å². The molecule has 3 aromatic rings. The highest BCUT2D eigenvalue weighted by Gasteiger charge is 2.14. The monoisotopic (exact) mass is 346 g/mol. The van der Waals surface area contributed by atoms with Gasteiger partial charge in [0.25, 0.3) is 0 Å². The maximum atomic E-state index is 13.4. The number of fused-ring (bicyclic) bond motifs is 1. The van der Waals surface area contributed by atoms with Crippen molar-refractivity contribution in [2.45, 2.75) is 19.5 Å². The smallest absolute Gasteiger partial charge is 0.336 e. The zero-order valence-corrected chi connectivity index (χ0v) is 13.9. The van der Waals surface area contributed by atoms with Crippen molar-refractivity contribution in [2.75, 3.05) is 7.11 Å². The highest BCUT2D eigenvalue weighted by molar-refractivity contribution is 5.81. The third-order valence-corrected chi connectivity index (χ3v) is 4.20. The summed E-state index contributed by atoms with van der Waals surface area (Å²) in [4.78, 5) is 11.8. The second kappa shape index (κ2) is 7.03. The van der Waals surface area contributed by atoms with Crippen LogP contribution in [0, 0.1) is 11.6 Å². The lowest BCUT2D eigenvalue weighted by atomic mass is 10.1. The highest BCUT2D eigenvalue weighted by atomic mass is 19.2. The normalized spacial score (nSPS) is 12.3. The van der Waals surface area contributed by atoms with E-state index in [0.29, 0.717) is 23.4 Å².